The van der Waals surface area contributed by atoms with Gasteiger partial charge < -0.3 is 9.64 Å². The molecule has 0 amide bonds. The number of ether oxygens (including phenoxy) is 1. The molecule has 0 spiro atoms. The maximum atomic E-state index is 7.07. The standard InChI is InChI=1S/C24H43N5O/c1-9-14-28(11-3)18-21(4)24(12-15-27(7)16-13-24)30-23(5,6)17-22(10-2)29(8)20-25-19-26-29/h9,14,18-20,22H,1,10-13,15-17H2,2-8H3/q+2. The highest BCUT2D eigenvalue weighted by Crippen LogP contribution is 2.39. The van der Waals surface area contributed by atoms with Gasteiger partial charge in [-0.1, -0.05) is 18.6 Å². The van der Waals surface area contributed by atoms with Crippen LogP contribution in [0.4, 0.5) is 0 Å². The van der Waals surface area contributed by atoms with Gasteiger partial charge in [0.15, 0.2) is 18.8 Å². The first-order chi connectivity index (χ1) is 14.1. The zero-order valence-electron chi connectivity index (χ0n) is 20.3. The molecule has 0 saturated carbocycles. The summed E-state index contributed by atoms with van der Waals surface area (Å²) in [6.45, 7) is 17.9. The third kappa shape index (κ3) is 5.96. The minimum absolute atomic E-state index is 0.252. The Morgan fingerprint density at radius 1 is 1.37 bits per heavy atom. The average molecular weight is 418 g/mol. The van der Waals surface area contributed by atoms with Gasteiger partial charge in [-0.05, 0) is 60.1 Å². The third-order valence-corrected chi connectivity index (χ3v) is 6.61. The van der Waals surface area contributed by atoms with E-state index in [1.807, 2.05) is 18.6 Å². The van der Waals surface area contributed by atoms with Gasteiger partial charge in [0.25, 0.3) is 0 Å². The average Bonchev–Trinajstić information content (AvgIpc) is 3.15. The summed E-state index contributed by atoms with van der Waals surface area (Å²) in [7, 11) is 4.32. The number of nitrogens with zero attached hydrogens (tertiary/aromatic N) is 5. The number of hydrogen-bond acceptors (Lipinski definition) is 4. The number of quaternary nitrogens is 1. The van der Waals surface area contributed by atoms with Crippen LogP contribution in [-0.2, 0) is 4.74 Å². The molecule has 2 aliphatic heterocycles. The Morgan fingerprint density at radius 2 is 2.03 bits per heavy atom. The zero-order valence-corrected chi connectivity index (χ0v) is 20.3. The molecule has 6 heteroatoms. The quantitative estimate of drug-likeness (QED) is 0.306. The largest absolute Gasteiger partial charge is 0.364 e. The highest BCUT2D eigenvalue weighted by molar-refractivity contribution is 5.70. The van der Waals surface area contributed by atoms with Crippen LogP contribution in [-0.4, -0.2) is 83.9 Å². The van der Waals surface area contributed by atoms with Crippen molar-refractivity contribution in [2.45, 2.75) is 77.5 Å². The number of allylic oxidation sites excluding steroid dienone is 1. The van der Waals surface area contributed by atoms with Crippen LogP contribution in [0.1, 0.15) is 60.3 Å². The maximum Gasteiger partial charge on any atom is 0.218 e. The van der Waals surface area contributed by atoms with Crippen LogP contribution in [0.15, 0.2) is 34.5 Å². The van der Waals surface area contributed by atoms with Crippen LogP contribution in [0.25, 0.3) is 0 Å². The summed E-state index contributed by atoms with van der Waals surface area (Å²) in [5.41, 5.74) is 0.758. The fraction of sp³-hybridized carbons (Fsp3) is 0.708. The fourth-order valence-electron chi connectivity index (χ4n) is 4.66. The van der Waals surface area contributed by atoms with Crippen LogP contribution in [0.5, 0.6) is 0 Å². The van der Waals surface area contributed by atoms with E-state index >= 15 is 0 Å². The highest BCUT2D eigenvalue weighted by atomic mass is 16.5. The maximum absolute atomic E-state index is 7.07. The molecule has 1 fully saturated rings. The molecule has 2 rings (SSSR count). The van der Waals surface area contributed by atoms with Crippen LogP contribution in [0.2, 0.25) is 0 Å². The van der Waals surface area contributed by atoms with Gasteiger partial charge in [-0.3, -0.25) is 0 Å². The lowest BCUT2D eigenvalue weighted by Crippen LogP contribution is -2.53. The Bertz CT molecular complexity index is 699. The van der Waals surface area contributed by atoms with Crippen molar-refractivity contribution in [2.24, 2.45) is 10.1 Å². The molecule has 0 N–H and O–H groups in total. The van der Waals surface area contributed by atoms with E-state index in [9.17, 15) is 0 Å². The molecule has 0 aromatic rings. The van der Waals surface area contributed by atoms with Crippen LogP contribution in [0, 0.1) is 0 Å². The third-order valence-electron chi connectivity index (χ3n) is 6.61. The smallest absolute Gasteiger partial charge is 0.218 e. The number of piperidine rings is 1. The van der Waals surface area contributed by atoms with E-state index in [1.54, 1.807) is 6.34 Å². The highest BCUT2D eigenvalue weighted by Gasteiger charge is 2.45. The summed E-state index contributed by atoms with van der Waals surface area (Å²) in [5, 5.41) is 4.60. The van der Waals surface area contributed by atoms with Crippen LogP contribution in [0.3, 0.4) is 0 Å². The summed E-state index contributed by atoms with van der Waals surface area (Å²) < 4.78 is 9.76. The summed E-state index contributed by atoms with van der Waals surface area (Å²) in [6, 6.07) is 0.330. The van der Waals surface area contributed by atoms with Gasteiger partial charge in [0.05, 0.1) is 18.2 Å². The second-order valence-corrected chi connectivity index (χ2v) is 9.54. The summed E-state index contributed by atoms with van der Waals surface area (Å²) in [6.07, 6.45) is 13.7. The van der Waals surface area contributed by atoms with E-state index in [1.165, 1.54) is 5.57 Å². The number of rotatable bonds is 10. The molecule has 30 heavy (non-hydrogen) atoms. The minimum Gasteiger partial charge on any atom is -0.364 e. The van der Waals surface area contributed by atoms with Crippen molar-refractivity contribution >= 4 is 18.9 Å². The van der Waals surface area contributed by atoms with Gasteiger partial charge in [0.2, 0.25) is 6.34 Å². The van der Waals surface area contributed by atoms with Crippen molar-refractivity contribution in [3.8, 4) is 0 Å². The van der Waals surface area contributed by atoms with E-state index in [0.29, 0.717) is 10.6 Å². The van der Waals surface area contributed by atoms with Crippen molar-refractivity contribution in [3.05, 3.63) is 24.4 Å². The van der Waals surface area contributed by atoms with Gasteiger partial charge in [-0.15, -0.1) is 0 Å². The Kier molecular flexibility index (Phi) is 8.31. The van der Waals surface area contributed by atoms with Gasteiger partial charge >= 0.3 is 0 Å². The van der Waals surface area contributed by atoms with Crippen molar-refractivity contribution in [3.63, 3.8) is 0 Å². The molecule has 0 radical (unpaired) electrons. The molecule has 0 aromatic heterocycles. The lowest BCUT2D eigenvalue weighted by molar-refractivity contribution is -0.847. The summed E-state index contributed by atoms with van der Waals surface area (Å²) in [4.78, 5) is 6.64. The molecule has 1 saturated heterocycles. The number of hydrogen-bond donors (Lipinski definition) is 0. The van der Waals surface area contributed by atoms with E-state index in [2.05, 4.69) is 81.1 Å². The van der Waals surface area contributed by atoms with E-state index in [4.69, 9.17) is 4.74 Å². The second-order valence-electron chi connectivity index (χ2n) is 9.54. The van der Waals surface area contributed by atoms with E-state index in [0.717, 1.165) is 45.3 Å². The molecular formula is C24H43N5O+2. The molecule has 6 nitrogen and oxygen atoms in total. The predicted molar refractivity (Wildman–Crippen MR) is 127 cm³/mol. The zero-order chi connectivity index (χ0) is 22.4. The molecule has 2 unspecified atom stereocenters. The first-order valence-corrected chi connectivity index (χ1v) is 11.3. The molecular weight excluding hydrogens is 374 g/mol. The Labute approximate surface area is 183 Å². The van der Waals surface area contributed by atoms with Crippen molar-refractivity contribution in [1.82, 2.24) is 4.90 Å². The van der Waals surface area contributed by atoms with Crippen molar-refractivity contribution < 1.29 is 13.9 Å². The number of likely N-dealkylation sites (tertiary alicyclic amines) is 1. The first-order valence-electron chi connectivity index (χ1n) is 11.3. The fourth-order valence-corrected chi connectivity index (χ4v) is 4.66. The van der Waals surface area contributed by atoms with Crippen molar-refractivity contribution in [1.29, 1.82) is 0 Å². The predicted octanol–water partition coefficient (Wildman–Crippen LogP) is 4.04. The SMILES string of the molecule is C=CC=[N+](C=C(C)C1(OC(C)(C)CC(CC)[N+]2(C)C=NC=N2)CCN(C)CC1)CC. The Hall–Kier alpha value is -1.63. The lowest BCUT2D eigenvalue weighted by atomic mass is 9.83. The lowest BCUT2D eigenvalue weighted by Gasteiger charge is -2.46. The Morgan fingerprint density at radius 3 is 2.53 bits per heavy atom. The van der Waals surface area contributed by atoms with Gasteiger partial charge in [0.1, 0.15) is 12.6 Å². The summed E-state index contributed by atoms with van der Waals surface area (Å²) in [5.74, 6) is 0. The Balaban J connectivity index is 2.29. The van der Waals surface area contributed by atoms with E-state index in [-0.39, 0.29) is 11.2 Å². The molecule has 168 valence electrons. The molecule has 0 bridgehead atoms. The number of aliphatic imine (C=N–C) groups is 1. The molecule has 0 aromatic carbocycles. The van der Waals surface area contributed by atoms with Crippen LogP contribution < -0.4 is 0 Å². The minimum atomic E-state index is -0.280. The van der Waals surface area contributed by atoms with Gasteiger partial charge in [-0.25, -0.2) is 4.58 Å². The second kappa shape index (κ2) is 10.1. The van der Waals surface area contributed by atoms with E-state index < -0.39 is 0 Å². The van der Waals surface area contributed by atoms with Gasteiger partial charge in [-0.2, -0.15) is 9.58 Å². The monoisotopic (exact) mass is 417 g/mol. The summed E-state index contributed by atoms with van der Waals surface area (Å²) >= 11 is 0. The van der Waals surface area contributed by atoms with Gasteiger partial charge in [0, 0.05) is 25.1 Å². The van der Waals surface area contributed by atoms with Crippen LogP contribution >= 0.6 is 0 Å². The molecule has 2 aliphatic rings. The van der Waals surface area contributed by atoms with Crippen molar-refractivity contribution in [2.75, 3.05) is 33.7 Å². The topological polar surface area (TPSA) is 40.2 Å². The molecule has 0 aliphatic carbocycles. The first kappa shape index (κ1) is 24.6. The molecule has 2 heterocycles. The normalized spacial score (nSPS) is 26.2. The molecule has 2 atom stereocenters.